The van der Waals surface area contributed by atoms with Gasteiger partial charge in [0.05, 0.1) is 13.2 Å². The highest BCUT2D eigenvalue weighted by Gasteiger charge is 2.48. The van der Waals surface area contributed by atoms with Crippen molar-refractivity contribution in [1.82, 2.24) is 5.32 Å². The molecule has 86 valence electrons. The molecule has 2 aliphatic rings. The SMILES string of the molecule is O=C1CC2COCC(CC1C(F)(F)F)N2. The summed E-state index contributed by atoms with van der Waals surface area (Å²) in [6, 6.07) is -0.592. The Labute approximate surface area is 85.0 Å². The molecular formula is C9H12F3NO2. The lowest BCUT2D eigenvalue weighted by Crippen LogP contribution is -2.47. The van der Waals surface area contributed by atoms with Gasteiger partial charge < -0.3 is 10.1 Å². The van der Waals surface area contributed by atoms with E-state index in [4.69, 9.17) is 4.74 Å². The van der Waals surface area contributed by atoms with Gasteiger partial charge in [-0.05, 0) is 6.42 Å². The van der Waals surface area contributed by atoms with E-state index in [1.54, 1.807) is 0 Å². The van der Waals surface area contributed by atoms with Gasteiger partial charge in [-0.1, -0.05) is 0 Å². The maximum Gasteiger partial charge on any atom is 0.398 e. The van der Waals surface area contributed by atoms with Gasteiger partial charge in [0.15, 0.2) is 0 Å². The molecule has 2 rings (SSSR count). The number of carbonyl (C=O) groups excluding carboxylic acids is 1. The van der Waals surface area contributed by atoms with Crippen molar-refractivity contribution in [3.05, 3.63) is 0 Å². The van der Waals surface area contributed by atoms with Crippen molar-refractivity contribution in [2.24, 2.45) is 5.92 Å². The fraction of sp³-hybridized carbons (Fsp3) is 0.889. The number of Topliss-reactive ketones (excluding diaryl/α,β-unsaturated/α-hetero) is 1. The summed E-state index contributed by atoms with van der Waals surface area (Å²) in [5.41, 5.74) is 0. The Bertz CT molecular complexity index is 267. The average Bonchev–Trinajstić information content (AvgIpc) is 2.22. The Balaban J connectivity index is 2.16. The predicted octanol–water partition coefficient (Wildman–Crippen LogP) is 0.885. The second-order valence-electron chi connectivity index (χ2n) is 4.10. The molecule has 0 saturated carbocycles. The zero-order valence-electron chi connectivity index (χ0n) is 8.01. The Kier molecular flexibility index (Phi) is 2.72. The summed E-state index contributed by atoms with van der Waals surface area (Å²) in [6.45, 7) is 0.586. The molecular weight excluding hydrogens is 211 g/mol. The Morgan fingerprint density at radius 1 is 1.27 bits per heavy atom. The molecule has 0 amide bonds. The number of fused-ring (bicyclic) bond motifs is 2. The van der Waals surface area contributed by atoms with Crippen LogP contribution in [0.25, 0.3) is 0 Å². The first kappa shape index (κ1) is 10.9. The smallest absolute Gasteiger partial charge is 0.378 e. The Morgan fingerprint density at radius 2 is 1.93 bits per heavy atom. The summed E-state index contributed by atoms with van der Waals surface area (Å²) in [5.74, 6) is -2.53. The normalized spacial score (nSPS) is 37.5. The number of nitrogens with one attached hydrogen (secondary N) is 1. The number of hydrogen-bond donors (Lipinski definition) is 1. The average molecular weight is 223 g/mol. The van der Waals surface area contributed by atoms with Gasteiger partial charge in [0.2, 0.25) is 0 Å². The summed E-state index contributed by atoms with van der Waals surface area (Å²) in [4.78, 5) is 11.4. The molecule has 3 nitrogen and oxygen atoms in total. The van der Waals surface area contributed by atoms with Crippen LogP contribution in [0.4, 0.5) is 13.2 Å². The molecule has 0 aliphatic carbocycles. The quantitative estimate of drug-likeness (QED) is 0.662. The van der Waals surface area contributed by atoms with Crippen LogP contribution in [-0.4, -0.2) is 37.3 Å². The Morgan fingerprint density at radius 3 is 2.60 bits per heavy atom. The van der Waals surface area contributed by atoms with Crippen LogP contribution in [0.5, 0.6) is 0 Å². The van der Waals surface area contributed by atoms with Crippen molar-refractivity contribution in [2.45, 2.75) is 31.1 Å². The van der Waals surface area contributed by atoms with Crippen LogP contribution in [0.2, 0.25) is 0 Å². The zero-order valence-corrected chi connectivity index (χ0v) is 8.01. The lowest BCUT2D eigenvalue weighted by atomic mass is 9.95. The minimum absolute atomic E-state index is 0.0827. The summed E-state index contributed by atoms with van der Waals surface area (Å²) >= 11 is 0. The van der Waals surface area contributed by atoms with E-state index in [9.17, 15) is 18.0 Å². The van der Waals surface area contributed by atoms with E-state index in [2.05, 4.69) is 5.32 Å². The largest absolute Gasteiger partial charge is 0.398 e. The number of halogens is 3. The molecule has 3 unspecified atom stereocenters. The second kappa shape index (κ2) is 3.75. The molecule has 1 N–H and O–H groups in total. The number of ether oxygens (including phenoxy) is 1. The van der Waals surface area contributed by atoms with E-state index in [0.29, 0.717) is 6.61 Å². The minimum atomic E-state index is -4.42. The fourth-order valence-electron chi connectivity index (χ4n) is 2.15. The maximum absolute atomic E-state index is 12.5. The van der Waals surface area contributed by atoms with Gasteiger partial charge in [-0.25, -0.2) is 0 Å². The van der Waals surface area contributed by atoms with Crippen molar-refractivity contribution in [3.8, 4) is 0 Å². The van der Waals surface area contributed by atoms with E-state index < -0.39 is 17.9 Å². The highest BCUT2D eigenvalue weighted by molar-refractivity contribution is 5.82. The monoisotopic (exact) mass is 223 g/mol. The summed E-state index contributed by atoms with van der Waals surface area (Å²) in [5, 5.41) is 3.00. The van der Waals surface area contributed by atoms with E-state index in [1.165, 1.54) is 0 Å². The van der Waals surface area contributed by atoms with Gasteiger partial charge in [-0.15, -0.1) is 0 Å². The number of carbonyl (C=O) groups is 1. The lowest BCUT2D eigenvalue weighted by Gasteiger charge is -2.28. The van der Waals surface area contributed by atoms with Gasteiger partial charge >= 0.3 is 6.18 Å². The van der Waals surface area contributed by atoms with Crippen LogP contribution in [0.15, 0.2) is 0 Å². The van der Waals surface area contributed by atoms with Crippen LogP contribution < -0.4 is 5.32 Å². The van der Waals surface area contributed by atoms with Gasteiger partial charge in [-0.3, -0.25) is 4.79 Å². The van der Waals surface area contributed by atoms with Crippen LogP contribution in [-0.2, 0) is 9.53 Å². The predicted molar refractivity (Wildman–Crippen MR) is 45.3 cm³/mol. The third-order valence-corrected chi connectivity index (χ3v) is 2.86. The molecule has 15 heavy (non-hydrogen) atoms. The Hall–Kier alpha value is -0.620. The molecule has 0 spiro atoms. The maximum atomic E-state index is 12.5. The fourth-order valence-corrected chi connectivity index (χ4v) is 2.15. The second-order valence-corrected chi connectivity index (χ2v) is 4.10. The van der Waals surface area contributed by atoms with Crippen LogP contribution >= 0.6 is 0 Å². The molecule has 3 atom stereocenters. The van der Waals surface area contributed by atoms with E-state index >= 15 is 0 Å². The minimum Gasteiger partial charge on any atom is -0.378 e. The van der Waals surface area contributed by atoms with Crippen molar-refractivity contribution >= 4 is 5.78 Å². The van der Waals surface area contributed by atoms with Gasteiger partial charge in [0.25, 0.3) is 0 Å². The highest BCUT2D eigenvalue weighted by atomic mass is 19.4. The molecule has 0 aromatic heterocycles. The number of ketones is 1. The van der Waals surface area contributed by atoms with Crippen molar-refractivity contribution < 1.29 is 22.7 Å². The van der Waals surface area contributed by atoms with Crippen molar-refractivity contribution in [2.75, 3.05) is 13.2 Å². The first-order valence-corrected chi connectivity index (χ1v) is 4.90. The van der Waals surface area contributed by atoms with Crippen molar-refractivity contribution in [3.63, 3.8) is 0 Å². The molecule has 2 bridgehead atoms. The molecule has 2 saturated heterocycles. The number of rotatable bonds is 0. The van der Waals surface area contributed by atoms with Gasteiger partial charge in [0.1, 0.15) is 11.7 Å². The number of alkyl halides is 3. The topological polar surface area (TPSA) is 38.3 Å². The molecule has 0 aromatic carbocycles. The molecule has 6 heteroatoms. The number of morpholine rings is 1. The van der Waals surface area contributed by atoms with Gasteiger partial charge in [-0.2, -0.15) is 13.2 Å². The number of hydrogen-bond acceptors (Lipinski definition) is 3. The molecule has 2 heterocycles. The van der Waals surface area contributed by atoms with Crippen molar-refractivity contribution in [1.29, 1.82) is 0 Å². The van der Waals surface area contributed by atoms with E-state index in [1.807, 2.05) is 0 Å². The standard InChI is InChI=1S/C9H12F3NO2/c10-9(11,12)7-1-5-3-15-4-6(13-5)2-8(7)14/h5-7,13H,1-4H2. The van der Waals surface area contributed by atoms with Crippen LogP contribution in [0, 0.1) is 5.92 Å². The first-order valence-electron chi connectivity index (χ1n) is 4.90. The lowest BCUT2D eigenvalue weighted by molar-refractivity contribution is -0.182. The molecule has 0 radical (unpaired) electrons. The highest BCUT2D eigenvalue weighted by Crippen LogP contribution is 2.34. The summed E-state index contributed by atoms with van der Waals surface area (Å²) < 4.78 is 42.8. The van der Waals surface area contributed by atoms with E-state index in [-0.39, 0.29) is 31.5 Å². The van der Waals surface area contributed by atoms with E-state index in [0.717, 1.165) is 0 Å². The third-order valence-electron chi connectivity index (χ3n) is 2.86. The summed E-state index contributed by atoms with van der Waals surface area (Å²) in [6.07, 6.45) is -4.70. The zero-order chi connectivity index (χ0) is 11.1. The molecule has 2 aliphatic heterocycles. The summed E-state index contributed by atoms with van der Waals surface area (Å²) in [7, 11) is 0. The van der Waals surface area contributed by atoms with Gasteiger partial charge in [0, 0.05) is 18.5 Å². The van der Waals surface area contributed by atoms with Crippen LogP contribution in [0.3, 0.4) is 0 Å². The third kappa shape index (κ3) is 2.31. The molecule has 0 aromatic rings. The molecule has 2 fully saturated rings. The van der Waals surface area contributed by atoms with Crippen LogP contribution in [0.1, 0.15) is 12.8 Å². The first-order chi connectivity index (χ1) is 6.97.